The minimum absolute atomic E-state index is 0.554. The van der Waals surface area contributed by atoms with Crippen molar-refractivity contribution in [2.75, 3.05) is 21.3 Å². The van der Waals surface area contributed by atoms with E-state index in [1.165, 1.54) is 5.56 Å². The Morgan fingerprint density at radius 2 is 1.48 bits per heavy atom. The van der Waals surface area contributed by atoms with Crippen molar-refractivity contribution in [1.82, 2.24) is 4.98 Å². The van der Waals surface area contributed by atoms with Crippen LogP contribution < -0.4 is 14.2 Å². The van der Waals surface area contributed by atoms with Crippen LogP contribution in [0, 0.1) is 6.92 Å². The van der Waals surface area contributed by atoms with Gasteiger partial charge in [-0.1, -0.05) is 42.5 Å². The summed E-state index contributed by atoms with van der Waals surface area (Å²) in [6.45, 7) is 6.31. The molecule has 0 fully saturated rings. The summed E-state index contributed by atoms with van der Waals surface area (Å²) < 4.78 is 16.3. The molecule has 0 N–H and O–H groups in total. The first-order chi connectivity index (χ1) is 13.1. The molecule has 0 saturated heterocycles. The standard InChI is InChI=1S/C23H23NO3/c1-15-9-11-17(12-10-15)20-8-6-7-19(24-20)16(2)18-13-21(25-3)23(27-5)22(14-18)26-4/h6-14H,2H2,1,3-5H3. The van der Waals surface area contributed by atoms with Crippen molar-refractivity contribution in [3.05, 3.63) is 78.0 Å². The highest BCUT2D eigenvalue weighted by atomic mass is 16.5. The van der Waals surface area contributed by atoms with E-state index in [0.717, 1.165) is 28.1 Å². The fourth-order valence-electron chi connectivity index (χ4n) is 2.89. The maximum absolute atomic E-state index is 5.44. The highest BCUT2D eigenvalue weighted by molar-refractivity contribution is 5.80. The normalized spacial score (nSPS) is 10.4. The molecule has 1 aromatic heterocycles. The largest absolute Gasteiger partial charge is 0.493 e. The molecule has 2 aromatic carbocycles. The lowest BCUT2D eigenvalue weighted by atomic mass is 10.0. The summed E-state index contributed by atoms with van der Waals surface area (Å²) in [5, 5.41) is 0. The number of nitrogens with zero attached hydrogens (tertiary/aromatic N) is 1. The van der Waals surface area contributed by atoms with Crippen molar-refractivity contribution < 1.29 is 14.2 Å². The SMILES string of the molecule is C=C(c1cc(OC)c(OC)c(OC)c1)c1cccc(-c2ccc(C)cc2)n1. The molecule has 3 aromatic rings. The smallest absolute Gasteiger partial charge is 0.203 e. The van der Waals surface area contributed by atoms with Crippen molar-refractivity contribution in [2.24, 2.45) is 0 Å². The Balaban J connectivity index is 2.01. The van der Waals surface area contributed by atoms with Gasteiger partial charge in [-0.05, 0) is 36.8 Å². The first-order valence-electron chi connectivity index (χ1n) is 8.61. The van der Waals surface area contributed by atoms with Gasteiger partial charge in [0.1, 0.15) is 0 Å². The number of benzene rings is 2. The number of rotatable bonds is 6. The third-order valence-corrected chi connectivity index (χ3v) is 4.42. The van der Waals surface area contributed by atoms with Gasteiger partial charge in [0.25, 0.3) is 0 Å². The van der Waals surface area contributed by atoms with E-state index in [1.807, 2.05) is 30.3 Å². The van der Waals surface area contributed by atoms with Crippen molar-refractivity contribution in [3.63, 3.8) is 0 Å². The number of ether oxygens (including phenoxy) is 3. The molecule has 138 valence electrons. The van der Waals surface area contributed by atoms with Crippen molar-refractivity contribution in [1.29, 1.82) is 0 Å². The summed E-state index contributed by atoms with van der Waals surface area (Å²) in [5.74, 6) is 1.73. The van der Waals surface area contributed by atoms with Crippen LogP contribution >= 0.6 is 0 Å². The van der Waals surface area contributed by atoms with Crippen molar-refractivity contribution >= 4 is 5.57 Å². The second kappa shape index (κ2) is 7.96. The third-order valence-electron chi connectivity index (χ3n) is 4.42. The maximum atomic E-state index is 5.44. The Kier molecular flexibility index (Phi) is 5.46. The number of aryl methyl sites for hydroxylation is 1. The number of aromatic nitrogens is 1. The van der Waals surface area contributed by atoms with Gasteiger partial charge >= 0.3 is 0 Å². The first kappa shape index (κ1) is 18.5. The van der Waals surface area contributed by atoms with E-state index in [4.69, 9.17) is 19.2 Å². The van der Waals surface area contributed by atoms with E-state index in [9.17, 15) is 0 Å². The van der Waals surface area contributed by atoms with E-state index in [2.05, 4.69) is 37.8 Å². The quantitative estimate of drug-likeness (QED) is 0.609. The lowest BCUT2D eigenvalue weighted by molar-refractivity contribution is 0.324. The Labute approximate surface area is 160 Å². The van der Waals surface area contributed by atoms with Gasteiger partial charge in [-0.15, -0.1) is 0 Å². The average molecular weight is 361 g/mol. The van der Waals surface area contributed by atoms with Crippen molar-refractivity contribution in [2.45, 2.75) is 6.92 Å². The van der Waals surface area contributed by atoms with Crippen LogP contribution in [0.2, 0.25) is 0 Å². The average Bonchev–Trinajstić information content (AvgIpc) is 2.72. The monoisotopic (exact) mass is 361 g/mol. The number of hydrogen-bond acceptors (Lipinski definition) is 4. The molecule has 0 unspecified atom stereocenters. The lowest BCUT2D eigenvalue weighted by Crippen LogP contribution is -1.98. The van der Waals surface area contributed by atoms with Gasteiger partial charge in [-0.3, -0.25) is 0 Å². The highest BCUT2D eigenvalue weighted by Gasteiger charge is 2.16. The molecule has 0 radical (unpaired) electrons. The zero-order valence-electron chi connectivity index (χ0n) is 16.1. The zero-order chi connectivity index (χ0) is 19.4. The minimum Gasteiger partial charge on any atom is -0.493 e. The van der Waals surface area contributed by atoms with E-state index < -0.39 is 0 Å². The predicted octanol–water partition coefficient (Wildman–Crippen LogP) is 5.14. The van der Waals surface area contributed by atoms with E-state index >= 15 is 0 Å². The molecule has 0 amide bonds. The summed E-state index contributed by atoms with van der Waals surface area (Å²) in [5.41, 5.74) is 5.63. The molecule has 0 atom stereocenters. The third kappa shape index (κ3) is 3.80. The van der Waals surface area contributed by atoms with Crippen LogP contribution in [0.15, 0.2) is 61.2 Å². The summed E-state index contributed by atoms with van der Waals surface area (Å²) in [6, 6.07) is 18.0. The molecule has 4 heteroatoms. The van der Waals surface area contributed by atoms with Gasteiger partial charge < -0.3 is 14.2 Å². The van der Waals surface area contributed by atoms with E-state index in [-0.39, 0.29) is 0 Å². The van der Waals surface area contributed by atoms with Crippen molar-refractivity contribution in [3.8, 4) is 28.5 Å². The summed E-state index contributed by atoms with van der Waals surface area (Å²) in [6.07, 6.45) is 0. The Hall–Kier alpha value is -3.27. The predicted molar refractivity (Wildman–Crippen MR) is 109 cm³/mol. The molecule has 0 spiro atoms. The molecular formula is C23H23NO3. The Bertz CT molecular complexity index is 937. The molecule has 0 aliphatic heterocycles. The molecular weight excluding hydrogens is 338 g/mol. The van der Waals surface area contributed by atoms with Gasteiger partial charge in [0.15, 0.2) is 11.5 Å². The Morgan fingerprint density at radius 1 is 0.852 bits per heavy atom. The van der Waals surface area contributed by atoms with Crippen LogP contribution in [0.5, 0.6) is 17.2 Å². The van der Waals surface area contributed by atoms with Crippen LogP contribution in [0.3, 0.4) is 0 Å². The molecule has 1 heterocycles. The summed E-state index contributed by atoms with van der Waals surface area (Å²) in [4.78, 5) is 4.79. The molecule has 3 rings (SSSR count). The molecule has 4 nitrogen and oxygen atoms in total. The van der Waals surface area contributed by atoms with Gasteiger partial charge in [0, 0.05) is 11.1 Å². The summed E-state index contributed by atoms with van der Waals surface area (Å²) >= 11 is 0. The maximum Gasteiger partial charge on any atom is 0.203 e. The lowest BCUT2D eigenvalue weighted by Gasteiger charge is -2.15. The molecule has 0 saturated carbocycles. The Morgan fingerprint density at radius 3 is 2.04 bits per heavy atom. The molecule has 0 aliphatic rings. The molecule has 27 heavy (non-hydrogen) atoms. The second-order valence-corrected chi connectivity index (χ2v) is 6.17. The highest BCUT2D eigenvalue weighted by Crippen LogP contribution is 2.40. The van der Waals surface area contributed by atoms with Gasteiger partial charge in [0.05, 0.1) is 32.7 Å². The zero-order valence-corrected chi connectivity index (χ0v) is 16.1. The van der Waals surface area contributed by atoms with Crippen LogP contribution in [0.1, 0.15) is 16.8 Å². The fraction of sp³-hybridized carbons (Fsp3) is 0.174. The topological polar surface area (TPSA) is 40.6 Å². The summed E-state index contributed by atoms with van der Waals surface area (Å²) in [7, 11) is 4.78. The number of pyridine rings is 1. The van der Waals surface area contributed by atoms with E-state index in [1.54, 1.807) is 21.3 Å². The number of methoxy groups -OCH3 is 3. The minimum atomic E-state index is 0.554. The van der Waals surface area contributed by atoms with Gasteiger partial charge in [-0.25, -0.2) is 4.98 Å². The number of hydrogen-bond donors (Lipinski definition) is 0. The van der Waals surface area contributed by atoms with E-state index in [0.29, 0.717) is 17.2 Å². The van der Waals surface area contributed by atoms with Gasteiger partial charge in [-0.2, -0.15) is 0 Å². The first-order valence-corrected chi connectivity index (χ1v) is 8.61. The van der Waals surface area contributed by atoms with Crippen LogP contribution in [-0.4, -0.2) is 26.3 Å². The van der Waals surface area contributed by atoms with Crippen LogP contribution in [0.25, 0.3) is 16.8 Å². The second-order valence-electron chi connectivity index (χ2n) is 6.17. The fourth-order valence-corrected chi connectivity index (χ4v) is 2.89. The molecule has 0 bridgehead atoms. The molecule has 0 aliphatic carbocycles. The van der Waals surface area contributed by atoms with Crippen LogP contribution in [0.4, 0.5) is 0 Å². The van der Waals surface area contributed by atoms with Gasteiger partial charge in [0.2, 0.25) is 5.75 Å². The van der Waals surface area contributed by atoms with Crippen LogP contribution in [-0.2, 0) is 0 Å².